The van der Waals surface area contributed by atoms with E-state index < -0.39 is 6.17 Å². The lowest BCUT2D eigenvalue weighted by Crippen LogP contribution is -2.39. The van der Waals surface area contributed by atoms with E-state index in [1.54, 1.807) is 12.2 Å². The Bertz CT molecular complexity index is 509. The van der Waals surface area contributed by atoms with Gasteiger partial charge in [-0.2, -0.15) is 0 Å². The van der Waals surface area contributed by atoms with Crippen LogP contribution in [0.1, 0.15) is 12.8 Å². The van der Waals surface area contributed by atoms with Crippen molar-refractivity contribution in [2.45, 2.75) is 25.2 Å². The largest absolute Gasteiger partial charge is 0.360 e. The molecule has 0 aromatic heterocycles. The predicted octanol–water partition coefficient (Wildman–Crippen LogP) is 3.02. The van der Waals surface area contributed by atoms with E-state index >= 15 is 0 Å². The Kier molecular flexibility index (Phi) is 5.34. The van der Waals surface area contributed by atoms with Crippen LogP contribution >= 0.6 is 11.6 Å². The summed E-state index contributed by atoms with van der Waals surface area (Å²) in [5.74, 6) is 0.286. The van der Waals surface area contributed by atoms with Gasteiger partial charge in [-0.25, -0.2) is 4.39 Å². The van der Waals surface area contributed by atoms with E-state index in [0.717, 1.165) is 25.9 Å². The van der Waals surface area contributed by atoms with Crippen molar-refractivity contribution in [2.24, 2.45) is 11.8 Å². The summed E-state index contributed by atoms with van der Waals surface area (Å²) < 4.78 is 19.7. The lowest BCUT2D eigenvalue weighted by atomic mass is 9.93. The van der Waals surface area contributed by atoms with Crippen LogP contribution in [0.2, 0.25) is 0 Å². The zero-order chi connectivity index (χ0) is 15.4. The van der Waals surface area contributed by atoms with Crippen molar-refractivity contribution in [1.82, 2.24) is 10.6 Å². The Morgan fingerprint density at radius 2 is 2.09 bits per heavy atom. The summed E-state index contributed by atoms with van der Waals surface area (Å²) >= 11 is 5.79. The molecule has 2 heterocycles. The van der Waals surface area contributed by atoms with E-state index in [2.05, 4.69) is 16.7 Å². The fourth-order valence-corrected chi connectivity index (χ4v) is 3.21. The standard InChI is InChI=1S/C17H22ClFN2O/c18-14-5-4-13(15(19)10-14)11-22-17-3-1-2-16(21-17)12-6-8-20-9-7-12/h1-5,10,12-13,15,17,20-21H,6-9,11H2. The molecule has 0 spiro atoms. The summed E-state index contributed by atoms with van der Waals surface area (Å²) in [6, 6.07) is 0. The highest BCUT2D eigenvalue weighted by molar-refractivity contribution is 6.31. The molecular weight excluding hydrogens is 303 g/mol. The fraction of sp³-hybridized carbons (Fsp3) is 0.529. The van der Waals surface area contributed by atoms with Gasteiger partial charge in [-0.05, 0) is 50.2 Å². The average molecular weight is 325 g/mol. The minimum Gasteiger partial charge on any atom is -0.360 e. The van der Waals surface area contributed by atoms with Gasteiger partial charge in [0.25, 0.3) is 0 Å². The monoisotopic (exact) mass is 324 g/mol. The maximum absolute atomic E-state index is 13.9. The molecule has 2 aliphatic heterocycles. The van der Waals surface area contributed by atoms with Crippen molar-refractivity contribution < 1.29 is 9.13 Å². The van der Waals surface area contributed by atoms with Crippen LogP contribution in [0.4, 0.5) is 4.39 Å². The van der Waals surface area contributed by atoms with Crippen LogP contribution in [-0.4, -0.2) is 32.1 Å². The van der Waals surface area contributed by atoms with Crippen LogP contribution in [0.15, 0.2) is 47.2 Å². The van der Waals surface area contributed by atoms with Gasteiger partial charge in [-0.1, -0.05) is 23.8 Å². The number of hydrogen-bond donors (Lipinski definition) is 2. The van der Waals surface area contributed by atoms with Crippen molar-refractivity contribution in [3.05, 3.63) is 47.2 Å². The molecule has 3 unspecified atom stereocenters. The van der Waals surface area contributed by atoms with Crippen LogP contribution < -0.4 is 10.6 Å². The molecule has 0 aromatic rings. The van der Waals surface area contributed by atoms with Gasteiger partial charge < -0.3 is 15.4 Å². The Labute approximate surface area is 135 Å². The van der Waals surface area contributed by atoms with Gasteiger partial charge in [0.2, 0.25) is 0 Å². The maximum atomic E-state index is 13.9. The molecule has 1 aliphatic carbocycles. The molecule has 2 N–H and O–H groups in total. The lowest BCUT2D eigenvalue weighted by molar-refractivity contribution is 0.0368. The molecule has 3 rings (SSSR count). The van der Waals surface area contributed by atoms with Crippen LogP contribution in [-0.2, 0) is 4.74 Å². The Balaban J connectivity index is 1.49. The fourth-order valence-electron chi connectivity index (χ4n) is 3.02. The Morgan fingerprint density at radius 1 is 1.27 bits per heavy atom. The molecule has 22 heavy (non-hydrogen) atoms. The normalized spacial score (nSPS) is 32.4. The van der Waals surface area contributed by atoms with Gasteiger partial charge in [-0.15, -0.1) is 0 Å². The van der Waals surface area contributed by atoms with Gasteiger partial charge in [0.05, 0.1) is 6.61 Å². The second-order valence-corrected chi connectivity index (χ2v) is 6.38. The van der Waals surface area contributed by atoms with Gasteiger partial charge in [0.1, 0.15) is 12.4 Å². The smallest absolute Gasteiger partial charge is 0.147 e. The van der Waals surface area contributed by atoms with E-state index in [4.69, 9.17) is 16.3 Å². The second-order valence-electron chi connectivity index (χ2n) is 5.95. The van der Waals surface area contributed by atoms with Crippen molar-refractivity contribution >= 4 is 11.6 Å². The third-order valence-electron chi connectivity index (χ3n) is 4.35. The minimum absolute atomic E-state index is 0.183. The quantitative estimate of drug-likeness (QED) is 0.834. The molecule has 1 fully saturated rings. The molecule has 0 radical (unpaired) electrons. The van der Waals surface area contributed by atoms with E-state index in [0.29, 0.717) is 17.6 Å². The number of dihydropyridines is 1. The third kappa shape index (κ3) is 4.00. The molecule has 5 heteroatoms. The summed E-state index contributed by atoms with van der Waals surface area (Å²) in [6.45, 7) is 2.45. The first-order valence-corrected chi connectivity index (χ1v) is 8.27. The summed E-state index contributed by atoms with van der Waals surface area (Å²) in [4.78, 5) is 0. The number of nitrogens with one attached hydrogen (secondary N) is 2. The van der Waals surface area contributed by atoms with Crippen molar-refractivity contribution in [2.75, 3.05) is 19.7 Å². The molecule has 0 amide bonds. The first kappa shape index (κ1) is 15.8. The highest BCUT2D eigenvalue weighted by atomic mass is 35.5. The minimum atomic E-state index is -1.08. The molecule has 120 valence electrons. The maximum Gasteiger partial charge on any atom is 0.147 e. The van der Waals surface area contributed by atoms with Crippen LogP contribution in [0.5, 0.6) is 0 Å². The molecular formula is C17H22ClFN2O. The summed E-state index contributed by atoms with van der Waals surface area (Å²) in [5, 5.41) is 7.25. The summed E-state index contributed by atoms with van der Waals surface area (Å²) in [7, 11) is 0. The predicted molar refractivity (Wildman–Crippen MR) is 87.2 cm³/mol. The Hall–Kier alpha value is -1.10. The van der Waals surface area contributed by atoms with Gasteiger partial charge in [-0.3, -0.25) is 0 Å². The van der Waals surface area contributed by atoms with Gasteiger partial charge >= 0.3 is 0 Å². The lowest BCUT2D eigenvalue weighted by Gasteiger charge is -2.31. The first-order valence-electron chi connectivity index (χ1n) is 7.89. The van der Waals surface area contributed by atoms with E-state index in [-0.39, 0.29) is 12.1 Å². The topological polar surface area (TPSA) is 33.3 Å². The number of piperidine rings is 1. The number of alkyl halides is 1. The number of ether oxygens (including phenoxy) is 1. The molecule has 3 aliphatic rings. The summed E-state index contributed by atoms with van der Waals surface area (Å²) in [6.07, 6.45) is 12.1. The molecule has 3 atom stereocenters. The van der Waals surface area contributed by atoms with E-state index in [1.807, 2.05) is 12.2 Å². The zero-order valence-electron chi connectivity index (χ0n) is 12.5. The SMILES string of the molecule is FC1C=C(Cl)C=CC1COC1C=CC=C(C2CCNCC2)N1. The molecule has 3 nitrogen and oxygen atoms in total. The van der Waals surface area contributed by atoms with Crippen LogP contribution in [0, 0.1) is 11.8 Å². The third-order valence-corrected chi connectivity index (χ3v) is 4.60. The van der Waals surface area contributed by atoms with Crippen LogP contribution in [0.25, 0.3) is 0 Å². The highest BCUT2D eigenvalue weighted by Gasteiger charge is 2.24. The van der Waals surface area contributed by atoms with E-state index in [1.165, 1.54) is 11.8 Å². The number of rotatable bonds is 4. The van der Waals surface area contributed by atoms with Crippen molar-refractivity contribution in [1.29, 1.82) is 0 Å². The first-order chi connectivity index (χ1) is 10.7. The van der Waals surface area contributed by atoms with Crippen LogP contribution in [0.3, 0.4) is 0 Å². The van der Waals surface area contributed by atoms with Crippen molar-refractivity contribution in [3.63, 3.8) is 0 Å². The number of halogens is 2. The molecule has 0 aromatic carbocycles. The molecule has 0 saturated carbocycles. The van der Waals surface area contributed by atoms with Gasteiger partial charge in [0, 0.05) is 22.6 Å². The molecule has 0 bridgehead atoms. The second kappa shape index (κ2) is 7.44. The Morgan fingerprint density at radius 3 is 2.86 bits per heavy atom. The number of allylic oxidation sites excluding steroid dienone is 6. The van der Waals surface area contributed by atoms with Gasteiger partial charge in [0.15, 0.2) is 0 Å². The van der Waals surface area contributed by atoms with E-state index in [9.17, 15) is 4.39 Å². The molecule has 1 saturated heterocycles. The average Bonchev–Trinajstić information content (AvgIpc) is 2.55. The highest BCUT2D eigenvalue weighted by Crippen LogP contribution is 2.24. The summed E-state index contributed by atoms with van der Waals surface area (Å²) in [5.41, 5.74) is 1.23. The van der Waals surface area contributed by atoms with Crippen molar-refractivity contribution in [3.8, 4) is 0 Å². The number of hydrogen-bond acceptors (Lipinski definition) is 3. The zero-order valence-corrected chi connectivity index (χ0v) is 13.2.